The molecule has 1 aromatic heterocycles. The minimum absolute atomic E-state index is 0.259. The average molecular weight is 503 g/mol. The zero-order chi connectivity index (χ0) is 23.5. The number of amides is 1. The van der Waals surface area contributed by atoms with E-state index in [0.717, 1.165) is 22.5 Å². The van der Waals surface area contributed by atoms with Crippen LogP contribution < -0.4 is 5.32 Å². The number of aromatic nitrogens is 2. The van der Waals surface area contributed by atoms with E-state index in [0.29, 0.717) is 27.7 Å². The van der Waals surface area contributed by atoms with E-state index in [-0.39, 0.29) is 17.5 Å². The number of nitrogens with zero attached hydrogens (tertiary/aromatic N) is 2. The largest absolute Gasteiger partial charge is 0.348 e. The summed E-state index contributed by atoms with van der Waals surface area (Å²) < 4.78 is 15.6. The maximum Gasteiger partial charge on any atom is 0.251 e. The lowest BCUT2D eigenvalue weighted by Crippen LogP contribution is -2.23. The van der Waals surface area contributed by atoms with Crippen LogP contribution in [0.5, 0.6) is 0 Å². The second-order valence-electron chi connectivity index (χ2n) is 7.58. The highest BCUT2D eigenvalue weighted by Gasteiger charge is 2.13. The quantitative estimate of drug-likeness (QED) is 0.310. The highest BCUT2D eigenvalue weighted by Crippen LogP contribution is 2.30. The number of nitrogens with one attached hydrogen (secondary N) is 1. The van der Waals surface area contributed by atoms with E-state index in [1.165, 1.54) is 12.1 Å². The summed E-state index contributed by atoms with van der Waals surface area (Å²) >= 11 is 18.3. The normalized spacial score (nSPS) is 10.9. The van der Waals surface area contributed by atoms with Crippen LogP contribution in [0.3, 0.4) is 0 Å². The van der Waals surface area contributed by atoms with Crippen molar-refractivity contribution in [2.24, 2.45) is 0 Å². The molecule has 0 spiro atoms. The topological polar surface area (TPSA) is 46.9 Å². The molecule has 0 bridgehead atoms. The summed E-state index contributed by atoms with van der Waals surface area (Å²) in [6, 6.07) is 14.9. The summed E-state index contributed by atoms with van der Waals surface area (Å²) in [5.74, 6) is 0.170. The van der Waals surface area contributed by atoms with Crippen LogP contribution in [-0.4, -0.2) is 15.5 Å². The Morgan fingerprint density at radius 3 is 2.48 bits per heavy atom. The first-order valence-corrected chi connectivity index (χ1v) is 11.2. The molecule has 0 saturated carbocycles. The minimum atomic E-state index is -0.423. The number of imidazole rings is 1. The molecule has 168 valence electrons. The Hall–Kier alpha value is -2.86. The number of halogens is 4. The molecule has 4 aromatic rings. The van der Waals surface area contributed by atoms with Gasteiger partial charge < -0.3 is 9.88 Å². The maximum absolute atomic E-state index is 13.6. The molecule has 0 fully saturated rings. The highest BCUT2D eigenvalue weighted by atomic mass is 35.5. The number of rotatable bonds is 6. The number of hydrogen-bond acceptors (Lipinski definition) is 2. The fourth-order valence-electron chi connectivity index (χ4n) is 3.49. The zero-order valence-electron chi connectivity index (χ0n) is 17.6. The van der Waals surface area contributed by atoms with Gasteiger partial charge >= 0.3 is 0 Å². The van der Waals surface area contributed by atoms with Gasteiger partial charge in [0, 0.05) is 36.6 Å². The van der Waals surface area contributed by atoms with Crippen molar-refractivity contribution in [2.45, 2.75) is 20.0 Å². The molecule has 0 aliphatic heterocycles. The van der Waals surface area contributed by atoms with Crippen molar-refractivity contribution in [3.63, 3.8) is 0 Å². The van der Waals surface area contributed by atoms with Gasteiger partial charge in [-0.25, -0.2) is 9.37 Å². The number of hydrogen-bond donors (Lipinski definition) is 1. The minimum Gasteiger partial charge on any atom is -0.348 e. The molecule has 0 saturated heterocycles. The first-order chi connectivity index (χ1) is 15.8. The van der Waals surface area contributed by atoms with Gasteiger partial charge in [-0.3, -0.25) is 4.79 Å². The molecule has 0 radical (unpaired) electrons. The van der Waals surface area contributed by atoms with Crippen molar-refractivity contribution in [3.8, 4) is 11.1 Å². The lowest BCUT2D eigenvalue weighted by atomic mass is 9.99. The Morgan fingerprint density at radius 2 is 1.79 bits per heavy atom. The fourth-order valence-corrected chi connectivity index (χ4v) is 4.09. The molecule has 0 unspecified atom stereocenters. The molecule has 33 heavy (non-hydrogen) atoms. The van der Waals surface area contributed by atoms with Crippen molar-refractivity contribution in [1.29, 1.82) is 0 Å². The molecule has 0 aliphatic rings. The Morgan fingerprint density at radius 1 is 0.970 bits per heavy atom. The Bertz CT molecular complexity index is 1340. The van der Waals surface area contributed by atoms with E-state index in [9.17, 15) is 9.18 Å². The smallest absolute Gasteiger partial charge is 0.251 e. The van der Waals surface area contributed by atoms with E-state index in [2.05, 4.69) is 10.3 Å². The van der Waals surface area contributed by atoms with Crippen LogP contribution in [0.4, 0.5) is 4.39 Å². The molecule has 0 atom stereocenters. The summed E-state index contributed by atoms with van der Waals surface area (Å²) in [6.45, 7) is 2.71. The lowest BCUT2D eigenvalue weighted by molar-refractivity contribution is 0.0951. The predicted molar refractivity (Wildman–Crippen MR) is 131 cm³/mol. The van der Waals surface area contributed by atoms with Gasteiger partial charge in [0.1, 0.15) is 11.6 Å². The van der Waals surface area contributed by atoms with E-state index >= 15 is 0 Å². The summed E-state index contributed by atoms with van der Waals surface area (Å²) in [5.41, 5.74) is 3.52. The molecule has 4 nitrogen and oxygen atoms in total. The van der Waals surface area contributed by atoms with E-state index in [1.807, 2.05) is 29.8 Å². The Labute approximate surface area is 205 Å². The van der Waals surface area contributed by atoms with Crippen LogP contribution in [0.15, 0.2) is 67.0 Å². The van der Waals surface area contributed by atoms with Crippen molar-refractivity contribution in [1.82, 2.24) is 14.9 Å². The van der Waals surface area contributed by atoms with E-state index < -0.39 is 5.82 Å². The second-order valence-corrected chi connectivity index (χ2v) is 8.80. The van der Waals surface area contributed by atoms with Crippen LogP contribution in [0.25, 0.3) is 11.1 Å². The van der Waals surface area contributed by atoms with Gasteiger partial charge in [-0.2, -0.15) is 0 Å². The van der Waals surface area contributed by atoms with Gasteiger partial charge in [-0.15, -0.1) is 0 Å². The highest BCUT2D eigenvalue weighted by molar-refractivity contribution is 6.42. The van der Waals surface area contributed by atoms with Crippen molar-refractivity contribution >= 4 is 40.7 Å². The monoisotopic (exact) mass is 501 g/mol. The number of benzene rings is 3. The molecule has 1 amide bonds. The van der Waals surface area contributed by atoms with Gasteiger partial charge in [-0.05, 0) is 72.1 Å². The average Bonchev–Trinajstić information content (AvgIpc) is 3.18. The van der Waals surface area contributed by atoms with Crippen LogP contribution >= 0.6 is 34.8 Å². The van der Waals surface area contributed by atoms with Gasteiger partial charge in [0.2, 0.25) is 0 Å². The van der Waals surface area contributed by atoms with Gasteiger partial charge in [-0.1, -0.05) is 40.9 Å². The van der Waals surface area contributed by atoms with Gasteiger partial charge in [0.05, 0.1) is 15.1 Å². The Balaban J connectivity index is 1.66. The lowest BCUT2D eigenvalue weighted by Gasteiger charge is -2.13. The molecule has 0 aliphatic carbocycles. The molecule has 4 rings (SSSR count). The summed E-state index contributed by atoms with van der Waals surface area (Å²) in [6.07, 6.45) is 3.60. The third-order valence-electron chi connectivity index (χ3n) is 5.21. The van der Waals surface area contributed by atoms with Crippen LogP contribution in [0.1, 0.15) is 27.3 Å². The second kappa shape index (κ2) is 9.96. The SMILES string of the molecule is Cc1nccn1Cc1cc(C(=O)NCc2ccc(Cl)c(Cl)c2)cc(-c2ccc(F)cc2Cl)c1. The molecule has 3 aromatic carbocycles. The van der Waals surface area contributed by atoms with Crippen molar-refractivity contribution < 1.29 is 9.18 Å². The third kappa shape index (κ3) is 5.56. The van der Waals surface area contributed by atoms with E-state index in [1.54, 1.807) is 36.5 Å². The first kappa shape index (κ1) is 23.3. The van der Waals surface area contributed by atoms with Gasteiger partial charge in [0.15, 0.2) is 0 Å². The molecular weight excluding hydrogens is 484 g/mol. The fraction of sp³-hybridized carbons (Fsp3) is 0.120. The van der Waals surface area contributed by atoms with Crippen LogP contribution in [-0.2, 0) is 13.1 Å². The number of aryl methyl sites for hydroxylation is 1. The van der Waals surface area contributed by atoms with Crippen molar-refractivity contribution in [2.75, 3.05) is 0 Å². The number of carbonyl (C=O) groups is 1. The third-order valence-corrected chi connectivity index (χ3v) is 6.26. The summed E-state index contributed by atoms with van der Waals surface area (Å²) in [4.78, 5) is 17.3. The first-order valence-electron chi connectivity index (χ1n) is 10.1. The summed E-state index contributed by atoms with van der Waals surface area (Å²) in [7, 11) is 0. The number of carbonyl (C=O) groups excluding carboxylic acids is 1. The summed E-state index contributed by atoms with van der Waals surface area (Å²) in [5, 5.41) is 4.06. The zero-order valence-corrected chi connectivity index (χ0v) is 19.8. The maximum atomic E-state index is 13.6. The standard InChI is InChI=1S/C25H19Cl3FN3O/c1-15-30-6-7-32(15)14-17-8-18(21-4-3-20(29)12-23(21)27)11-19(9-17)25(33)31-13-16-2-5-22(26)24(28)10-16/h2-12H,13-14H2,1H3,(H,31,33). The Kier molecular flexibility index (Phi) is 7.03. The molecule has 8 heteroatoms. The van der Waals surface area contributed by atoms with Crippen LogP contribution in [0.2, 0.25) is 15.1 Å². The predicted octanol–water partition coefficient (Wildman–Crippen LogP) is 6.94. The molecule has 1 heterocycles. The van der Waals surface area contributed by atoms with Crippen molar-refractivity contribution in [3.05, 3.63) is 110 Å². The van der Waals surface area contributed by atoms with E-state index in [4.69, 9.17) is 34.8 Å². The van der Waals surface area contributed by atoms with Crippen LogP contribution in [0, 0.1) is 12.7 Å². The molecule has 1 N–H and O–H groups in total. The van der Waals surface area contributed by atoms with Gasteiger partial charge in [0.25, 0.3) is 5.91 Å². The molecular formula is C25H19Cl3FN3O.